The van der Waals surface area contributed by atoms with Gasteiger partial charge in [0.25, 0.3) is 0 Å². The van der Waals surface area contributed by atoms with Crippen LogP contribution in [0.3, 0.4) is 0 Å². The first-order valence-electron chi connectivity index (χ1n) is 21.9. The standard InChI is InChI=1S/C58H52N3O2.Pt/c1-56(2,3)39-26-27-46(43(32-39)35-17-11-10-12-18-35)61-47-24-16-23-42(53(47)60-55(61)44-33-40(57(4,5)6)34-45(54(44)62)58(7,8)9)37-20-15-21-38(31-37)52-51-49(29-30-59-52)63-48-28-25-36-19-13-14-22-41(36)50(48)51;/h10-30,32-34,62H,1-9H3;/q-1;. The Morgan fingerprint density at radius 2 is 1.27 bits per heavy atom. The fourth-order valence-electron chi connectivity index (χ4n) is 9.05. The van der Waals surface area contributed by atoms with Gasteiger partial charge in [-0.15, -0.1) is 29.8 Å². The Kier molecular flexibility index (Phi) is 10.6. The van der Waals surface area contributed by atoms with Crippen molar-refractivity contribution < 1.29 is 30.6 Å². The molecule has 0 fully saturated rings. The maximum Gasteiger partial charge on any atom is 0.148 e. The molecule has 0 aliphatic carbocycles. The molecule has 0 amide bonds. The molecule has 0 radical (unpaired) electrons. The van der Waals surface area contributed by atoms with E-state index in [0.717, 1.165) is 94.1 Å². The predicted molar refractivity (Wildman–Crippen MR) is 262 cm³/mol. The van der Waals surface area contributed by atoms with Gasteiger partial charge in [0.15, 0.2) is 0 Å². The van der Waals surface area contributed by atoms with E-state index in [1.165, 1.54) is 5.56 Å². The number of hydrogen-bond donors (Lipinski definition) is 1. The summed E-state index contributed by atoms with van der Waals surface area (Å²) >= 11 is 0. The van der Waals surface area contributed by atoms with Gasteiger partial charge in [0.1, 0.15) is 22.7 Å². The number of benzene rings is 7. The molecule has 0 saturated heterocycles. The van der Waals surface area contributed by atoms with Crippen LogP contribution in [-0.4, -0.2) is 19.6 Å². The molecular weight excluding hydrogens is 966 g/mol. The molecule has 10 rings (SSSR count). The van der Waals surface area contributed by atoms with Gasteiger partial charge >= 0.3 is 0 Å². The first kappa shape index (κ1) is 43.0. The van der Waals surface area contributed by atoms with Crippen molar-refractivity contribution in [3.05, 3.63) is 168 Å². The number of aromatic nitrogens is 3. The third-order valence-corrected chi connectivity index (χ3v) is 12.5. The summed E-state index contributed by atoms with van der Waals surface area (Å²) < 4.78 is 8.70. The molecule has 10 aromatic rings. The molecule has 0 saturated carbocycles. The number of imidazole rings is 1. The van der Waals surface area contributed by atoms with Gasteiger partial charge in [0.2, 0.25) is 0 Å². The summed E-state index contributed by atoms with van der Waals surface area (Å²) in [5, 5.41) is 16.8. The van der Waals surface area contributed by atoms with Crippen LogP contribution in [-0.2, 0) is 37.3 Å². The van der Waals surface area contributed by atoms with Crippen LogP contribution in [0.5, 0.6) is 5.75 Å². The number of phenols is 1. The van der Waals surface area contributed by atoms with Crippen LogP contribution in [0.25, 0.3) is 94.3 Å². The molecule has 5 nitrogen and oxygen atoms in total. The molecule has 0 aliphatic rings. The molecule has 64 heavy (non-hydrogen) atoms. The Morgan fingerprint density at radius 3 is 2.02 bits per heavy atom. The Labute approximate surface area is 390 Å². The second-order valence-electron chi connectivity index (χ2n) is 20.0. The topological polar surface area (TPSA) is 64.1 Å². The van der Waals surface area contributed by atoms with Crippen molar-refractivity contribution in [1.82, 2.24) is 14.5 Å². The molecule has 7 aromatic carbocycles. The summed E-state index contributed by atoms with van der Waals surface area (Å²) in [6.45, 7) is 19.9. The number of nitrogens with zero attached hydrogens (tertiary/aromatic N) is 3. The number of furan rings is 1. The number of hydrogen-bond acceptors (Lipinski definition) is 4. The van der Waals surface area contributed by atoms with Crippen LogP contribution in [0.4, 0.5) is 0 Å². The van der Waals surface area contributed by atoms with Crippen molar-refractivity contribution in [2.45, 2.75) is 78.6 Å². The first-order valence-corrected chi connectivity index (χ1v) is 21.9. The first-order chi connectivity index (χ1) is 30.1. The molecule has 6 heteroatoms. The summed E-state index contributed by atoms with van der Waals surface area (Å²) in [5.74, 6) is 0.917. The number of rotatable bonds is 5. The second kappa shape index (κ2) is 15.7. The summed E-state index contributed by atoms with van der Waals surface area (Å²) in [7, 11) is 0. The number of phenolic OH excluding ortho intramolecular Hbond substituents is 1. The molecular formula is C58H52N3O2Pt-. The van der Waals surface area contributed by atoms with E-state index in [-0.39, 0.29) is 43.1 Å². The van der Waals surface area contributed by atoms with Gasteiger partial charge in [-0.2, -0.15) is 0 Å². The van der Waals surface area contributed by atoms with Crippen molar-refractivity contribution in [3.63, 3.8) is 0 Å². The molecule has 322 valence electrons. The minimum absolute atomic E-state index is 0. The van der Waals surface area contributed by atoms with Crippen LogP contribution in [0.15, 0.2) is 150 Å². The quantitative estimate of drug-likeness (QED) is 0.175. The zero-order valence-corrected chi connectivity index (χ0v) is 40.1. The van der Waals surface area contributed by atoms with Crippen molar-refractivity contribution in [2.24, 2.45) is 0 Å². The molecule has 3 heterocycles. The van der Waals surface area contributed by atoms with E-state index < -0.39 is 0 Å². The minimum Gasteiger partial charge on any atom is -0.507 e. The molecule has 0 unspecified atom stereocenters. The largest absolute Gasteiger partial charge is 0.507 e. The van der Waals surface area contributed by atoms with Crippen LogP contribution >= 0.6 is 0 Å². The zero-order valence-electron chi connectivity index (χ0n) is 37.9. The SMILES string of the molecule is CC(C)(C)c1ccc(-n2c(-c3cc(C(C)(C)C)cc(C(C)(C)C)c3O)nc3c(-c4[c-]c(-c5nccc6oc7ccc8ccccc8c7c56)ccc4)cccc32)c(-c2ccccc2)c1.[Pt]. The van der Waals surface area contributed by atoms with Gasteiger partial charge in [0.05, 0.1) is 22.3 Å². The normalized spacial score (nSPS) is 12.4. The third kappa shape index (κ3) is 7.34. The van der Waals surface area contributed by atoms with Gasteiger partial charge < -0.3 is 9.52 Å². The molecule has 0 spiro atoms. The van der Waals surface area contributed by atoms with Crippen molar-refractivity contribution >= 4 is 43.7 Å². The molecule has 0 aliphatic heterocycles. The molecule has 0 atom stereocenters. The van der Waals surface area contributed by atoms with Crippen molar-refractivity contribution in [1.29, 1.82) is 0 Å². The van der Waals surface area contributed by atoms with E-state index >= 15 is 0 Å². The van der Waals surface area contributed by atoms with Crippen LogP contribution in [0.2, 0.25) is 0 Å². The second-order valence-corrected chi connectivity index (χ2v) is 20.0. The number of aromatic hydroxyl groups is 1. The third-order valence-electron chi connectivity index (χ3n) is 12.5. The average molecular weight is 1020 g/mol. The smallest absolute Gasteiger partial charge is 0.148 e. The van der Waals surface area contributed by atoms with E-state index in [9.17, 15) is 5.11 Å². The summed E-state index contributed by atoms with van der Waals surface area (Å²) in [6, 6.07) is 52.6. The fourth-order valence-corrected chi connectivity index (χ4v) is 9.05. The van der Waals surface area contributed by atoms with Gasteiger partial charge in [-0.1, -0.05) is 158 Å². The maximum absolute atomic E-state index is 12.5. The predicted octanol–water partition coefficient (Wildman–Crippen LogP) is 15.5. The summed E-state index contributed by atoms with van der Waals surface area (Å²) in [4.78, 5) is 10.6. The summed E-state index contributed by atoms with van der Waals surface area (Å²) in [6.07, 6.45) is 1.82. The van der Waals surface area contributed by atoms with E-state index in [4.69, 9.17) is 14.4 Å². The monoisotopic (exact) mass is 1020 g/mol. The number of fused-ring (bicyclic) bond motifs is 6. The van der Waals surface area contributed by atoms with Crippen LogP contribution < -0.4 is 0 Å². The fraction of sp³-hybridized carbons (Fsp3) is 0.207. The van der Waals surface area contributed by atoms with Gasteiger partial charge in [0, 0.05) is 54.9 Å². The number of pyridine rings is 1. The van der Waals surface area contributed by atoms with E-state index in [2.05, 4.69) is 206 Å². The maximum atomic E-state index is 12.5. The number of para-hydroxylation sites is 1. The Balaban J connectivity index is 0.00000518. The molecule has 1 N–H and O–H groups in total. The Morgan fingerprint density at radius 1 is 0.578 bits per heavy atom. The van der Waals surface area contributed by atoms with Gasteiger partial charge in [-0.3, -0.25) is 9.55 Å². The van der Waals surface area contributed by atoms with E-state index in [1.54, 1.807) is 0 Å². The Bertz CT molecular complexity index is 3410. The average Bonchev–Trinajstić information content (AvgIpc) is 3.85. The van der Waals surface area contributed by atoms with Crippen molar-refractivity contribution in [2.75, 3.05) is 0 Å². The van der Waals surface area contributed by atoms with E-state index in [0.29, 0.717) is 11.4 Å². The summed E-state index contributed by atoms with van der Waals surface area (Å²) in [5.41, 5.74) is 13.4. The van der Waals surface area contributed by atoms with Gasteiger partial charge in [-0.25, -0.2) is 4.98 Å². The zero-order chi connectivity index (χ0) is 44.0. The minimum atomic E-state index is -0.329. The van der Waals surface area contributed by atoms with Crippen molar-refractivity contribution in [3.8, 4) is 56.3 Å². The molecule has 0 bridgehead atoms. The van der Waals surface area contributed by atoms with Gasteiger partial charge in [-0.05, 0) is 80.1 Å². The van der Waals surface area contributed by atoms with Crippen LogP contribution in [0, 0.1) is 6.07 Å². The van der Waals surface area contributed by atoms with Crippen LogP contribution in [0.1, 0.15) is 79.0 Å². The molecule has 3 aromatic heterocycles. The van der Waals surface area contributed by atoms with E-state index in [1.807, 2.05) is 12.3 Å². The Hall–Kier alpha value is -6.29.